The largest absolute Gasteiger partial charge is 0.481 e. The second kappa shape index (κ2) is 8.33. The quantitative estimate of drug-likeness (QED) is 0.879. The summed E-state index contributed by atoms with van der Waals surface area (Å²) in [6.07, 6.45) is -0.273. The molecule has 1 unspecified atom stereocenters. The molecule has 2 amide bonds. The SMILES string of the molecule is Cc1cccc(OC(C)C(=O)Nc2ccc(CC(=O)N(C)C)cc2)c1. The monoisotopic (exact) mass is 340 g/mol. The molecule has 0 aliphatic carbocycles. The van der Waals surface area contributed by atoms with Gasteiger partial charge in [0, 0.05) is 19.8 Å². The van der Waals surface area contributed by atoms with Crippen molar-refractivity contribution in [1.29, 1.82) is 0 Å². The molecule has 0 aliphatic rings. The van der Waals surface area contributed by atoms with Crippen LogP contribution in [0.15, 0.2) is 48.5 Å². The third-order valence-electron chi connectivity index (χ3n) is 3.75. The van der Waals surface area contributed by atoms with Gasteiger partial charge in [-0.05, 0) is 49.2 Å². The van der Waals surface area contributed by atoms with Crippen LogP contribution in [-0.4, -0.2) is 36.9 Å². The van der Waals surface area contributed by atoms with Gasteiger partial charge in [-0.3, -0.25) is 9.59 Å². The van der Waals surface area contributed by atoms with Crippen LogP contribution in [0.25, 0.3) is 0 Å². The van der Waals surface area contributed by atoms with E-state index in [-0.39, 0.29) is 11.8 Å². The first-order chi connectivity index (χ1) is 11.8. The Bertz CT molecular complexity index is 739. The van der Waals surface area contributed by atoms with E-state index in [1.807, 2.05) is 43.3 Å². The first kappa shape index (κ1) is 18.5. The Kier molecular flexibility index (Phi) is 6.17. The van der Waals surface area contributed by atoms with Crippen LogP contribution in [0.4, 0.5) is 5.69 Å². The molecule has 0 heterocycles. The number of nitrogens with one attached hydrogen (secondary N) is 1. The van der Waals surface area contributed by atoms with Gasteiger partial charge in [-0.15, -0.1) is 0 Å². The molecule has 25 heavy (non-hydrogen) atoms. The number of amides is 2. The molecule has 5 heteroatoms. The van der Waals surface area contributed by atoms with Crippen LogP contribution in [0.3, 0.4) is 0 Å². The number of hydrogen-bond donors (Lipinski definition) is 1. The van der Waals surface area contributed by atoms with Crippen molar-refractivity contribution in [3.63, 3.8) is 0 Å². The summed E-state index contributed by atoms with van der Waals surface area (Å²) < 4.78 is 5.67. The number of anilines is 1. The predicted molar refractivity (Wildman–Crippen MR) is 98.7 cm³/mol. The van der Waals surface area contributed by atoms with Crippen molar-refractivity contribution < 1.29 is 14.3 Å². The summed E-state index contributed by atoms with van der Waals surface area (Å²) in [7, 11) is 3.46. The smallest absolute Gasteiger partial charge is 0.265 e. The Morgan fingerprint density at radius 2 is 1.80 bits per heavy atom. The maximum Gasteiger partial charge on any atom is 0.265 e. The minimum absolute atomic E-state index is 0.0389. The standard InChI is InChI=1S/C20H24N2O3/c1-14-6-5-7-18(12-14)25-15(2)20(24)21-17-10-8-16(9-11-17)13-19(23)22(3)4/h5-12,15H,13H2,1-4H3,(H,21,24). The number of rotatable bonds is 6. The van der Waals surface area contributed by atoms with Gasteiger partial charge in [-0.25, -0.2) is 0 Å². The maximum atomic E-state index is 12.3. The lowest BCUT2D eigenvalue weighted by atomic mass is 10.1. The van der Waals surface area contributed by atoms with Crippen LogP contribution in [0.1, 0.15) is 18.1 Å². The van der Waals surface area contributed by atoms with Crippen LogP contribution in [0, 0.1) is 6.92 Å². The first-order valence-electron chi connectivity index (χ1n) is 8.18. The second-order valence-corrected chi connectivity index (χ2v) is 6.23. The third kappa shape index (κ3) is 5.64. The molecular formula is C20H24N2O3. The summed E-state index contributed by atoms with van der Waals surface area (Å²) >= 11 is 0. The van der Waals surface area contributed by atoms with Crippen LogP contribution in [-0.2, 0) is 16.0 Å². The van der Waals surface area contributed by atoms with Crippen molar-refractivity contribution >= 4 is 17.5 Å². The molecule has 0 bridgehead atoms. The molecular weight excluding hydrogens is 316 g/mol. The highest BCUT2D eigenvalue weighted by Crippen LogP contribution is 2.16. The van der Waals surface area contributed by atoms with Gasteiger partial charge in [0.25, 0.3) is 5.91 Å². The van der Waals surface area contributed by atoms with Crippen molar-refractivity contribution in [1.82, 2.24) is 4.90 Å². The van der Waals surface area contributed by atoms with Gasteiger partial charge < -0.3 is 15.0 Å². The molecule has 1 N–H and O–H groups in total. The van der Waals surface area contributed by atoms with E-state index in [1.54, 1.807) is 38.1 Å². The Balaban J connectivity index is 1.92. The Labute approximate surface area is 148 Å². The molecule has 0 fully saturated rings. The summed E-state index contributed by atoms with van der Waals surface area (Å²) in [6, 6.07) is 14.8. The Morgan fingerprint density at radius 1 is 1.12 bits per heavy atom. The summed E-state index contributed by atoms with van der Waals surface area (Å²) in [5.41, 5.74) is 2.65. The fraction of sp³-hybridized carbons (Fsp3) is 0.300. The number of benzene rings is 2. The lowest BCUT2D eigenvalue weighted by molar-refractivity contribution is -0.128. The normalized spacial score (nSPS) is 11.5. The molecule has 1 atom stereocenters. The second-order valence-electron chi connectivity index (χ2n) is 6.23. The summed E-state index contributed by atoms with van der Waals surface area (Å²) in [5.74, 6) is 0.482. The molecule has 2 aromatic rings. The molecule has 0 aliphatic heterocycles. The topological polar surface area (TPSA) is 58.6 Å². The van der Waals surface area contributed by atoms with Gasteiger partial charge in [0.2, 0.25) is 5.91 Å². The van der Waals surface area contributed by atoms with Crippen LogP contribution >= 0.6 is 0 Å². The molecule has 5 nitrogen and oxygen atoms in total. The number of hydrogen-bond acceptors (Lipinski definition) is 3. The summed E-state index contributed by atoms with van der Waals surface area (Å²) in [5, 5.41) is 2.82. The van der Waals surface area contributed by atoms with E-state index >= 15 is 0 Å². The number of aryl methyl sites for hydroxylation is 1. The van der Waals surface area contributed by atoms with Crippen LogP contribution < -0.4 is 10.1 Å². The van der Waals surface area contributed by atoms with Crippen LogP contribution in [0.5, 0.6) is 5.75 Å². The van der Waals surface area contributed by atoms with Gasteiger partial charge in [-0.2, -0.15) is 0 Å². The Hall–Kier alpha value is -2.82. The highest BCUT2D eigenvalue weighted by atomic mass is 16.5. The molecule has 0 spiro atoms. The summed E-state index contributed by atoms with van der Waals surface area (Å²) in [4.78, 5) is 25.5. The predicted octanol–water partition coefficient (Wildman–Crippen LogP) is 3.03. The first-order valence-corrected chi connectivity index (χ1v) is 8.18. The average Bonchev–Trinajstić information content (AvgIpc) is 2.56. The van der Waals surface area contributed by atoms with Crippen molar-refractivity contribution in [2.24, 2.45) is 0 Å². The fourth-order valence-corrected chi connectivity index (χ4v) is 2.23. The van der Waals surface area contributed by atoms with E-state index in [0.717, 1.165) is 11.1 Å². The van der Waals surface area contributed by atoms with Crippen molar-refractivity contribution in [2.75, 3.05) is 19.4 Å². The van der Waals surface area contributed by atoms with E-state index < -0.39 is 6.10 Å². The Morgan fingerprint density at radius 3 is 2.40 bits per heavy atom. The zero-order valence-electron chi connectivity index (χ0n) is 15.1. The summed E-state index contributed by atoms with van der Waals surface area (Å²) in [6.45, 7) is 3.68. The highest BCUT2D eigenvalue weighted by molar-refractivity contribution is 5.94. The minimum Gasteiger partial charge on any atom is -0.481 e. The lowest BCUT2D eigenvalue weighted by Gasteiger charge is -2.15. The molecule has 132 valence electrons. The number of likely N-dealkylation sites (N-methyl/N-ethyl adjacent to an activating group) is 1. The molecule has 2 rings (SSSR count). The van der Waals surface area contributed by atoms with Crippen molar-refractivity contribution in [3.05, 3.63) is 59.7 Å². The highest BCUT2D eigenvalue weighted by Gasteiger charge is 2.15. The molecule has 2 aromatic carbocycles. The number of ether oxygens (including phenoxy) is 1. The molecule has 0 saturated carbocycles. The van der Waals surface area contributed by atoms with E-state index in [2.05, 4.69) is 5.32 Å². The van der Waals surface area contributed by atoms with Gasteiger partial charge in [-0.1, -0.05) is 24.3 Å². The van der Waals surface area contributed by atoms with Gasteiger partial charge in [0.05, 0.1) is 6.42 Å². The molecule has 0 radical (unpaired) electrons. The average molecular weight is 340 g/mol. The van der Waals surface area contributed by atoms with E-state index in [9.17, 15) is 9.59 Å². The van der Waals surface area contributed by atoms with Gasteiger partial charge >= 0.3 is 0 Å². The van der Waals surface area contributed by atoms with Crippen molar-refractivity contribution in [3.8, 4) is 5.75 Å². The maximum absolute atomic E-state index is 12.3. The third-order valence-corrected chi connectivity index (χ3v) is 3.75. The lowest BCUT2D eigenvalue weighted by Crippen LogP contribution is -2.30. The van der Waals surface area contributed by atoms with Gasteiger partial charge in [0.15, 0.2) is 6.10 Å². The van der Waals surface area contributed by atoms with E-state index in [0.29, 0.717) is 17.9 Å². The van der Waals surface area contributed by atoms with E-state index in [1.165, 1.54) is 0 Å². The van der Waals surface area contributed by atoms with Crippen molar-refractivity contribution in [2.45, 2.75) is 26.4 Å². The zero-order valence-corrected chi connectivity index (χ0v) is 15.1. The number of carbonyl (C=O) groups is 2. The molecule has 0 saturated heterocycles. The fourth-order valence-electron chi connectivity index (χ4n) is 2.23. The minimum atomic E-state index is -0.614. The van der Waals surface area contributed by atoms with E-state index in [4.69, 9.17) is 4.74 Å². The number of nitrogens with zero attached hydrogens (tertiary/aromatic N) is 1. The zero-order chi connectivity index (χ0) is 18.4. The van der Waals surface area contributed by atoms with Gasteiger partial charge in [0.1, 0.15) is 5.75 Å². The molecule has 0 aromatic heterocycles. The van der Waals surface area contributed by atoms with Crippen LogP contribution in [0.2, 0.25) is 0 Å². The number of carbonyl (C=O) groups excluding carboxylic acids is 2.